The van der Waals surface area contributed by atoms with Crippen LogP contribution in [0.25, 0.3) is 0 Å². The third-order valence-corrected chi connectivity index (χ3v) is 5.71. The van der Waals surface area contributed by atoms with Gasteiger partial charge in [-0.15, -0.1) is 0 Å². The number of rotatable bonds is 6. The minimum atomic E-state index is -3.24. The van der Waals surface area contributed by atoms with Gasteiger partial charge in [-0.1, -0.05) is 36.4 Å². The predicted molar refractivity (Wildman–Crippen MR) is 87.1 cm³/mol. The summed E-state index contributed by atoms with van der Waals surface area (Å²) >= 11 is 0. The Balaban J connectivity index is 1.92. The quantitative estimate of drug-likeness (QED) is 0.793. The van der Waals surface area contributed by atoms with Gasteiger partial charge in [-0.3, -0.25) is 4.79 Å². The van der Waals surface area contributed by atoms with E-state index in [0.717, 1.165) is 5.56 Å². The van der Waals surface area contributed by atoms with Crippen LogP contribution in [0, 0.1) is 0 Å². The molecule has 6 heteroatoms. The maximum atomic E-state index is 12.1. The molecule has 120 valence electrons. The lowest BCUT2D eigenvalue weighted by Crippen LogP contribution is -2.33. The van der Waals surface area contributed by atoms with Gasteiger partial charge in [0.2, 0.25) is 5.91 Å². The topological polar surface area (TPSA) is 66.5 Å². The van der Waals surface area contributed by atoms with Crippen LogP contribution in [0.3, 0.4) is 0 Å². The molecule has 22 heavy (non-hydrogen) atoms. The van der Waals surface area contributed by atoms with Gasteiger partial charge < -0.3 is 10.2 Å². The summed E-state index contributed by atoms with van der Waals surface area (Å²) in [5.74, 6) is -0.250. The van der Waals surface area contributed by atoms with E-state index in [1.807, 2.05) is 30.3 Å². The number of carbonyl (C=O) groups is 1. The maximum Gasteiger partial charge on any atom is 0.250 e. The van der Waals surface area contributed by atoms with Crippen LogP contribution in [-0.4, -0.2) is 50.9 Å². The minimum absolute atomic E-state index is 0.0364. The molecule has 0 fully saturated rings. The highest BCUT2D eigenvalue weighted by Gasteiger charge is 2.37. The van der Waals surface area contributed by atoms with Crippen molar-refractivity contribution in [2.24, 2.45) is 0 Å². The Morgan fingerprint density at radius 1 is 1.27 bits per heavy atom. The van der Waals surface area contributed by atoms with Crippen molar-refractivity contribution in [1.29, 1.82) is 0 Å². The molecule has 1 unspecified atom stereocenters. The largest absolute Gasteiger partial charge is 0.345 e. The zero-order valence-corrected chi connectivity index (χ0v) is 13.8. The second-order valence-corrected chi connectivity index (χ2v) is 7.86. The molecule has 1 aliphatic heterocycles. The van der Waals surface area contributed by atoms with Crippen LogP contribution in [-0.2, 0) is 21.2 Å². The number of amides is 1. The molecular formula is C16H22N2O3S. The summed E-state index contributed by atoms with van der Waals surface area (Å²) in [6, 6.07) is 9.92. The van der Waals surface area contributed by atoms with Gasteiger partial charge in [-0.25, -0.2) is 8.42 Å². The van der Waals surface area contributed by atoms with Crippen LogP contribution < -0.4 is 5.32 Å². The van der Waals surface area contributed by atoms with Crippen molar-refractivity contribution in [3.63, 3.8) is 0 Å². The van der Waals surface area contributed by atoms with Crippen molar-refractivity contribution in [3.05, 3.63) is 47.5 Å². The molecule has 0 saturated heterocycles. The number of hydrogen-bond acceptors (Lipinski definition) is 4. The van der Waals surface area contributed by atoms with Gasteiger partial charge in [0.25, 0.3) is 0 Å². The smallest absolute Gasteiger partial charge is 0.250 e. The standard InChI is InChI=1S/C16H22N2O3S/c1-18(2)16(19)14-9-11-22(20,21)15(14)8-10-17-12-13-6-4-3-5-7-13/h3-7,9,15,17H,8,10-12H2,1-2H3. The van der Waals surface area contributed by atoms with Crippen LogP contribution in [0.1, 0.15) is 12.0 Å². The first-order valence-electron chi connectivity index (χ1n) is 7.30. The molecule has 0 bridgehead atoms. The molecule has 0 radical (unpaired) electrons. The molecule has 0 spiro atoms. The Morgan fingerprint density at radius 2 is 1.95 bits per heavy atom. The van der Waals surface area contributed by atoms with Gasteiger partial charge in [-0.2, -0.15) is 0 Å². The molecule has 2 rings (SSSR count). The first-order valence-corrected chi connectivity index (χ1v) is 9.01. The van der Waals surface area contributed by atoms with E-state index in [0.29, 0.717) is 25.1 Å². The summed E-state index contributed by atoms with van der Waals surface area (Å²) in [5.41, 5.74) is 1.56. The van der Waals surface area contributed by atoms with Gasteiger partial charge in [0.15, 0.2) is 9.84 Å². The third kappa shape index (κ3) is 3.96. The van der Waals surface area contributed by atoms with Crippen LogP contribution in [0.2, 0.25) is 0 Å². The predicted octanol–water partition coefficient (Wildman–Crippen LogP) is 0.978. The average molecular weight is 322 g/mol. The molecule has 0 saturated carbocycles. The summed E-state index contributed by atoms with van der Waals surface area (Å²) in [7, 11) is 0.0355. The number of likely N-dealkylation sites (N-methyl/N-ethyl adjacent to an activating group) is 1. The molecule has 1 aromatic carbocycles. The maximum absolute atomic E-state index is 12.1. The van der Waals surface area contributed by atoms with E-state index < -0.39 is 15.1 Å². The lowest BCUT2D eigenvalue weighted by molar-refractivity contribution is -0.124. The molecule has 1 aromatic rings. The highest BCUT2D eigenvalue weighted by atomic mass is 32.2. The molecular weight excluding hydrogens is 300 g/mol. The zero-order valence-electron chi connectivity index (χ0n) is 13.0. The average Bonchev–Trinajstić information content (AvgIpc) is 2.79. The van der Waals surface area contributed by atoms with E-state index >= 15 is 0 Å². The van der Waals surface area contributed by atoms with E-state index in [9.17, 15) is 13.2 Å². The lowest BCUT2D eigenvalue weighted by Gasteiger charge is -2.18. The normalized spacial score (nSPS) is 19.7. The summed E-state index contributed by atoms with van der Waals surface area (Å²) < 4.78 is 24.2. The van der Waals surface area contributed by atoms with E-state index in [4.69, 9.17) is 0 Å². The molecule has 0 aliphatic carbocycles. The number of nitrogens with one attached hydrogen (secondary N) is 1. The van der Waals surface area contributed by atoms with E-state index in [2.05, 4.69) is 5.32 Å². The molecule has 1 heterocycles. The first-order chi connectivity index (χ1) is 10.4. The van der Waals surface area contributed by atoms with Crippen molar-refractivity contribution in [1.82, 2.24) is 10.2 Å². The zero-order chi connectivity index (χ0) is 16.2. The van der Waals surface area contributed by atoms with Gasteiger partial charge in [0.1, 0.15) is 0 Å². The molecule has 1 atom stereocenters. The summed E-state index contributed by atoms with van der Waals surface area (Å²) in [6.45, 7) is 1.24. The number of sulfone groups is 1. The van der Waals surface area contributed by atoms with Crippen LogP contribution >= 0.6 is 0 Å². The van der Waals surface area contributed by atoms with Gasteiger partial charge >= 0.3 is 0 Å². The fourth-order valence-corrected chi connectivity index (χ4v) is 4.23. The Kier molecular flexibility index (Phi) is 5.37. The lowest BCUT2D eigenvalue weighted by atomic mass is 10.1. The molecule has 5 nitrogen and oxygen atoms in total. The molecule has 1 amide bonds. The number of benzene rings is 1. The fraction of sp³-hybridized carbons (Fsp3) is 0.438. The van der Waals surface area contributed by atoms with Crippen molar-refractivity contribution < 1.29 is 13.2 Å². The molecule has 1 N–H and O–H groups in total. The van der Waals surface area contributed by atoms with Crippen LogP contribution in [0.15, 0.2) is 42.0 Å². The van der Waals surface area contributed by atoms with E-state index in [-0.39, 0.29) is 11.7 Å². The van der Waals surface area contributed by atoms with Crippen molar-refractivity contribution in [2.45, 2.75) is 18.2 Å². The summed E-state index contributed by atoms with van der Waals surface area (Å²) in [4.78, 5) is 13.5. The number of nitrogens with zero attached hydrogens (tertiary/aromatic N) is 1. The molecule has 0 aromatic heterocycles. The summed E-state index contributed by atoms with van der Waals surface area (Å²) in [6.07, 6.45) is 1.97. The van der Waals surface area contributed by atoms with Gasteiger partial charge in [0, 0.05) is 26.2 Å². The second kappa shape index (κ2) is 7.07. The van der Waals surface area contributed by atoms with Gasteiger partial charge in [-0.05, 0) is 18.5 Å². The highest BCUT2D eigenvalue weighted by Crippen LogP contribution is 2.25. The fourth-order valence-electron chi connectivity index (χ4n) is 2.53. The number of hydrogen-bond donors (Lipinski definition) is 1. The third-order valence-electron chi connectivity index (χ3n) is 3.72. The van der Waals surface area contributed by atoms with Crippen molar-refractivity contribution in [3.8, 4) is 0 Å². The Bertz CT molecular complexity index is 651. The Labute approximate surface area is 131 Å². The number of carbonyl (C=O) groups excluding carboxylic acids is 1. The Hall–Kier alpha value is -1.66. The van der Waals surface area contributed by atoms with Crippen LogP contribution in [0.4, 0.5) is 0 Å². The minimum Gasteiger partial charge on any atom is -0.345 e. The van der Waals surface area contributed by atoms with Crippen molar-refractivity contribution >= 4 is 15.7 Å². The van der Waals surface area contributed by atoms with E-state index in [1.165, 1.54) is 4.90 Å². The van der Waals surface area contributed by atoms with Crippen molar-refractivity contribution in [2.75, 3.05) is 26.4 Å². The Morgan fingerprint density at radius 3 is 2.59 bits per heavy atom. The summed E-state index contributed by atoms with van der Waals surface area (Å²) in [5, 5.41) is 2.55. The van der Waals surface area contributed by atoms with Gasteiger partial charge in [0.05, 0.1) is 11.0 Å². The second-order valence-electron chi connectivity index (χ2n) is 5.63. The highest BCUT2D eigenvalue weighted by molar-refractivity contribution is 7.92. The SMILES string of the molecule is CN(C)C(=O)C1=CCS(=O)(=O)C1CCNCc1ccccc1. The molecule has 1 aliphatic rings. The first kappa shape index (κ1) is 16.7. The monoisotopic (exact) mass is 322 g/mol. The van der Waals surface area contributed by atoms with Crippen LogP contribution in [0.5, 0.6) is 0 Å². The van der Waals surface area contributed by atoms with E-state index in [1.54, 1.807) is 20.2 Å².